The van der Waals surface area contributed by atoms with E-state index in [0.29, 0.717) is 23.8 Å². The van der Waals surface area contributed by atoms with Gasteiger partial charge in [-0.25, -0.2) is 8.42 Å². The van der Waals surface area contributed by atoms with E-state index < -0.39 is 15.4 Å². The van der Waals surface area contributed by atoms with Crippen LogP contribution in [0, 0.1) is 5.92 Å². The summed E-state index contributed by atoms with van der Waals surface area (Å²) in [7, 11) is -3.03. The number of aldehydes is 1. The SMILES string of the molecule is CC(O)(c1cccc(C=O)c1)C1CCS(=O)(=O)C1. The highest BCUT2D eigenvalue weighted by Crippen LogP contribution is 2.36. The van der Waals surface area contributed by atoms with Crippen LogP contribution in [0.2, 0.25) is 0 Å². The summed E-state index contributed by atoms with van der Waals surface area (Å²) in [4.78, 5) is 10.7. The van der Waals surface area contributed by atoms with Crippen LogP contribution in [0.25, 0.3) is 0 Å². The number of benzene rings is 1. The maximum Gasteiger partial charge on any atom is 0.150 e. The van der Waals surface area contributed by atoms with Crippen molar-refractivity contribution in [2.75, 3.05) is 11.5 Å². The van der Waals surface area contributed by atoms with Crippen LogP contribution in [-0.2, 0) is 15.4 Å². The third-order valence-electron chi connectivity index (χ3n) is 3.63. The zero-order valence-corrected chi connectivity index (χ0v) is 11.0. The molecule has 1 saturated heterocycles. The molecule has 1 aromatic rings. The zero-order valence-electron chi connectivity index (χ0n) is 10.2. The summed E-state index contributed by atoms with van der Waals surface area (Å²) in [6.07, 6.45) is 1.17. The Bertz CT molecular complexity index is 560. The molecular formula is C13H16O4S. The predicted molar refractivity (Wildman–Crippen MR) is 68.2 cm³/mol. The second-order valence-electron chi connectivity index (χ2n) is 4.99. The molecular weight excluding hydrogens is 252 g/mol. The molecule has 0 saturated carbocycles. The van der Waals surface area contributed by atoms with Gasteiger partial charge in [-0.05, 0) is 25.0 Å². The summed E-state index contributed by atoms with van der Waals surface area (Å²) in [5, 5.41) is 10.6. The lowest BCUT2D eigenvalue weighted by Crippen LogP contribution is -2.32. The zero-order chi connectivity index (χ0) is 13.4. The van der Waals surface area contributed by atoms with Crippen LogP contribution in [0.1, 0.15) is 29.3 Å². The summed E-state index contributed by atoms with van der Waals surface area (Å²) in [5.74, 6) is -0.184. The van der Waals surface area contributed by atoms with Gasteiger partial charge in [-0.2, -0.15) is 0 Å². The molecule has 18 heavy (non-hydrogen) atoms. The first-order chi connectivity index (χ1) is 8.35. The molecule has 2 rings (SSSR count). The minimum atomic E-state index is -3.03. The van der Waals surface area contributed by atoms with E-state index in [1.165, 1.54) is 0 Å². The van der Waals surface area contributed by atoms with Gasteiger partial charge in [0.05, 0.1) is 17.1 Å². The third-order valence-corrected chi connectivity index (χ3v) is 5.40. The number of carbonyl (C=O) groups is 1. The molecule has 0 amide bonds. The minimum Gasteiger partial charge on any atom is -0.385 e. The fourth-order valence-corrected chi connectivity index (χ4v) is 4.32. The van der Waals surface area contributed by atoms with Crippen LogP contribution in [0.5, 0.6) is 0 Å². The number of hydrogen-bond donors (Lipinski definition) is 1. The van der Waals surface area contributed by atoms with Crippen LogP contribution in [0.3, 0.4) is 0 Å². The van der Waals surface area contributed by atoms with E-state index in [0.717, 1.165) is 0 Å². The number of sulfone groups is 1. The summed E-state index contributed by atoms with van der Waals surface area (Å²) >= 11 is 0. The highest BCUT2D eigenvalue weighted by atomic mass is 32.2. The Kier molecular flexibility index (Phi) is 3.29. The maximum atomic E-state index is 11.5. The second-order valence-corrected chi connectivity index (χ2v) is 7.22. The fraction of sp³-hybridized carbons (Fsp3) is 0.462. The lowest BCUT2D eigenvalue weighted by molar-refractivity contribution is 0.00450. The second kappa shape index (κ2) is 4.48. The quantitative estimate of drug-likeness (QED) is 0.834. The van der Waals surface area contributed by atoms with E-state index in [4.69, 9.17) is 0 Å². The Hall–Kier alpha value is -1.20. The smallest absolute Gasteiger partial charge is 0.150 e. The van der Waals surface area contributed by atoms with Crippen molar-refractivity contribution in [3.8, 4) is 0 Å². The van der Waals surface area contributed by atoms with Gasteiger partial charge in [-0.1, -0.05) is 18.2 Å². The molecule has 1 aromatic carbocycles. The number of hydrogen-bond acceptors (Lipinski definition) is 4. The minimum absolute atomic E-state index is 0.00527. The molecule has 2 atom stereocenters. The summed E-state index contributed by atoms with van der Waals surface area (Å²) in [6, 6.07) is 6.67. The fourth-order valence-electron chi connectivity index (χ4n) is 2.40. The van der Waals surface area contributed by atoms with Gasteiger partial charge >= 0.3 is 0 Å². The average Bonchev–Trinajstić information content (AvgIpc) is 2.70. The average molecular weight is 268 g/mol. The van der Waals surface area contributed by atoms with Crippen LogP contribution in [0.15, 0.2) is 24.3 Å². The first-order valence-corrected chi connectivity index (χ1v) is 7.66. The molecule has 0 aromatic heterocycles. The van der Waals surface area contributed by atoms with Crippen LogP contribution in [-0.4, -0.2) is 31.3 Å². The van der Waals surface area contributed by atoms with E-state index in [-0.39, 0.29) is 17.4 Å². The number of rotatable bonds is 3. The normalized spacial score (nSPS) is 25.6. The molecule has 1 aliphatic rings. The first kappa shape index (κ1) is 13.2. The van der Waals surface area contributed by atoms with Gasteiger partial charge in [0, 0.05) is 11.5 Å². The van der Waals surface area contributed by atoms with E-state index >= 15 is 0 Å². The van der Waals surface area contributed by atoms with Crippen molar-refractivity contribution in [3.05, 3.63) is 35.4 Å². The Morgan fingerprint density at radius 1 is 1.44 bits per heavy atom. The molecule has 4 nitrogen and oxygen atoms in total. The summed E-state index contributed by atoms with van der Waals surface area (Å²) in [6.45, 7) is 1.61. The molecule has 0 spiro atoms. The Morgan fingerprint density at radius 2 is 2.17 bits per heavy atom. The van der Waals surface area contributed by atoms with Crippen molar-refractivity contribution in [1.29, 1.82) is 0 Å². The van der Waals surface area contributed by atoms with Crippen LogP contribution in [0.4, 0.5) is 0 Å². The molecule has 2 unspecified atom stereocenters. The van der Waals surface area contributed by atoms with E-state index in [9.17, 15) is 18.3 Å². The molecule has 98 valence electrons. The lowest BCUT2D eigenvalue weighted by Gasteiger charge is -2.30. The van der Waals surface area contributed by atoms with Crippen molar-refractivity contribution in [2.45, 2.75) is 18.9 Å². The van der Waals surface area contributed by atoms with Gasteiger partial charge < -0.3 is 5.11 Å². The van der Waals surface area contributed by atoms with Gasteiger partial charge in [0.15, 0.2) is 9.84 Å². The Labute approximate surface area is 107 Å². The molecule has 0 radical (unpaired) electrons. The molecule has 0 aliphatic carbocycles. The number of carbonyl (C=O) groups excluding carboxylic acids is 1. The van der Waals surface area contributed by atoms with E-state index in [2.05, 4.69) is 0 Å². The van der Waals surface area contributed by atoms with Crippen molar-refractivity contribution < 1.29 is 18.3 Å². The van der Waals surface area contributed by atoms with Crippen molar-refractivity contribution in [2.24, 2.45) is 5.92 Å². The molecule has 1 N–H and O–H groups in total. The summed E-state index contributed by atoms with van der Waals surface area (Å²) in [5.41, 5.74) is -0.148. The topological polar surface area (TPSA) is 71.4 Å². The monoisotopic (exact) mass is 268 g/mol. The number of aliphatic hydroxyl groups is 1. The molecule has 5 heteroatoms. The molecule has 1 fully saturated rings. The van der Waals surface area contributed by atoms with Crippen molar-refractivity contribution in [3.63, 3.8) is 0 Å². The molecule has 1 heterocycles. The first-order valence-electron chi connectivity index (χ1n) is 5.84. The van der Waals surface area contributed by atoms with E-state index in [1.807, 2.05) is 0 Å². The predicted octanol–water partition coefficient (Wildman–Crippen LogP) is 1.14. The molecule has 0 bridgehead atoms. The van der Waals surface area contributed by atoms with Crippen LogP contribution < -0.4 is 0 Å². The van der Waals surface area contributed by atoms with E-state index in [1.54, 1.807) is 31.2 Å². The van der Waals surface area contributed by atoms with Gasteiger partial charge in [0.2, 0.25) is 0 Å². The highest BCUT2D eigenvalue weighted by Gasteiger charge is 2.41. The Morgan fingerprint density at radius 3 is 2.72 bits per heavy atom. The molecule has 1 aliphatic heterocycles. The van der Waals surface area contributed by atoms with Crippen molar-refractivity contribution >= 4 is 16.1 Å². The van der Waals surface area contributed by atoms with Gasteiger partial charge in [-0.15, -0.1) is 0 Å². The standard InChI is InChI=1S/C13H16O4S/c1-13(15,12-5-6-18(16,17)9-12)11-4-2-3-10(7-11)8-14/h2-4,7-8,12,15H,5-6,9H2,1H3. The van der Waals surface area contributed by atoms with Gasteiger partial charge in [0.1, 0.15) is 6.29 Å². The van der Waals surface area contributed by atoms with Crippen molar-refractivity contribution in [1.82, 2.24) is 0 Å². The lowest BCUT2D eigenvalue weighted by atomic mass is 9.82. The van der Waals surface area contributed by atoms with Crippen LogP contribution >= 0.6 is 0 Å². The largest absolute Gasteiger partial charge is 0.385 e. The third kappa shape index (κ3) is 2.47. The highest BCUT2D eigenvalue weighted by molar-refractivity contribution is 7.91. The van der Waals surface area contributed by atoms with Gasteiger partial charge in [0.25, 0.3) is 0 Å². The summed E-state index contributed by atoms with van der Waals surface area (Å²) < 4.78 is 22.9. The Balaban J connectivity index is 2.33. The maximum absolute atomic E-state index is 11.5. The van der Waals surface area contributed by atoms with Gasteiger partial charge in [-0.3, -0.25) is 4.79 Å².